The Kier molecular flexibility index (Phi) is 14.9. The van der Waals surface area contributed by atoms with E-state index in [1.165, 1.54) is 0 Å². The molecule has 0 aliphatic carbocycles. The van der Waals surface area contributed by atoms with E-state index in [-0.39, 0.29) is 49.4 Å². The summed E-state index contributed by atoms with van der Waals surface area (Å²) in [5.41, 5.74) is -0.990. The van der Waals surface area contributed by atoms with Gasteiger partial charge in [0.15, 0.2) is 0 Å². The van der Waals surface area contributed by atoms with Gasteiger partial charge in [-0.3, -0.25) is 0 Å². The predicted molar refractivity (Wildman–Crippen MR) is 147 cm³/mol. The summed E-state index contributed by atoms with van der Waals surface area (Å²) in [7, 11) is -3.51. The summed E-state index contributed by atoms with van der Waals surface area (Å²) in [6, 6.07) is 0. The van der Waals surface area contributed by atoms with Gasteiger partial charge in [-0.05, 0) is 33.7 Å². The average Bonchev–Trinajstić information content (AvgIpc) is 2.51. The second-order valence-electron chi connectivity index (χ2n) is 15.2. The van der Waals surface area contributed by atoms with Crippen molar-refractivity contribution in [1.29, 1.82) is 0 Å². The van der Waals surface area contributed by atoms with Gasteiger partial charge in [-0.2, -0.15) is 0 Å². The first kappa shape index (κ1) is 38.3. The molecule has 33 heavy (non-hydrogen) atoms. The van der Waals surface area contributed by atoms with Gasteiger partial charge < -0.3 is 20.4 Å². The van der Waals surface area contributed by atoms with E-state index in [0.717, 1.165) is 0 Å². The molecule has 0 amide bonds. The van der Waals surface area contributed by atoms with Gasteiger partial charge in [-0.1, -0.05) is 109 Å². The van der Waals surface area contributed by atoms with Gasteiger partial charge in [0.25, 0.3) is 0 Å². The molecular formula is C26H60CuO4Si2. The van der Waals surface area contributed by atoms with Crippen molar-refractivity contribution < 1.29 is 37.5 Å². The van der Waals surface area contributed by atoms with Gasteiger partial charge in [0.2, 0.25) is 0 Å². The van der Waals surface area contributed by atoms with Crippen LogP contribution in [0, 0.1) is 10.8 Å². The van der Waals surface area contributed by atoms with Crippen molar-refractivity contribution >= 4 is 16.1 Å². The number of aliphatic hydroxyl groups is 4. The first-order valence-corrected chi connectivity index (χ1v) is 18.5. The molecule has 0 aromatic carbocycles. The summed E-state index contributed by atoms with van der Waals surface area (Å²) in [5.74, 6) is 0. The molecule has 4 N–H and O–H groups in total. The molecule has 0 aromatic heterocycles. The third-order valence-electron chi connectivity index (χ3n) is 8.42. The van der Waals surface area contributed by atoms with E-state index in [9.17, 15) is 20.4 Å². The third-order valence-corrected chi connectivity index (χ3v) is 20.0. The first-order chi connectivity index (χ1) is 13.6. The normalized spacial score (nSPS) is 17.8. The molecule has 1 radical (unpaired) electrons. The number of hydrogen-bond donors (Lipinski definition) is 4. The Morgan fingerprint density at radius 3 is 0.788 bits per heavy atom. The molecule has 0 aliphatic rings. The molecule has 0 bridgehead atoms. The smallest absolute Gasteiger partial charge is 0.0866 e. The Labute approximate surface area is 219 Å². The molecule has 207 valence electrons. The molecule has 0 aliphatic heterocycles. The minimum absolute atomic E-state index is 0. The fraction of sp³-hybridized carbons (Fsp3) is 1.00. The first-order valence-electron chi connectivity index (χ1n) is 12.3. The topological polar surface area (TPSA) is 80.9 Å². The Balaban J connectivity index is -0.000000529. The van der Waals surface area contributed by atoms with Crippen molar-refractivity contribution in [3.05, 3.63) is 0 Å². The van der Waals surface area contributed by atoms with Gasteiger partial charge in [0.1, 0.15) is 0 Å². The van der Waals surface area contributed by atoms with Gasteiger partial charge in [0, 0.05) is 28.5 Å². The number of rotatable bonds is 6. The van der Waals surface area contributed by atoms with Crippen LogP contribution in [0.1, 0.15) is 95.9 Å². The van der Waals surface area contributed by atoms with E-state index < -0.39 is 28.4 Å². The van der Waals surface area contributed by atoms with Crippen LogP contribution in [-0.4, -0.2) is 60.2 Å². The summed E-state index contributed by atoms with van der Waals surface area (Å²) in [6.07, 6.45) is 0.133. The number of hydrogen-bond acceptors (Lipinski definition) is 4. The van der Waals surface area contributed by atoms with Crippen LogP contribution in [0.25, 0.3) is 0 Å². The van der Waals surface area contributed by atoms with Gasteiger partial charge in [0.05, 0.1) is 28.4 Å². The van der Waals surface area contributed by atoms with Crippen LogP contribution < -0.4 is 0 Å². The van der Waals surface area contributed by atoms with Crippen LogP contribution in [0.2, 0.25) is 36.3 Å². The van der Waals surface area contributed by atoms with E-state index in [2.05, 4.69) is 67.7 Å². The molecular weight excluding hydrogens is 496 g/mol. The molecule has 4 atom stereocenters. The maximum atomic E-state index is 10.3. The van der Waals surface area contributed by atoms with E-state index >= 15 is 0 Å². The largest absolute Gasteiger partial charge is 0.396 e. The molecule has 0 aromatic rings. The van der Waals surface area contributed by atoms with Crippen molar-refractivity contribution in [3.8, 4) is 0 Å². The fourth-order valence-electron chi connectivity index (χ4n) is 2.72. The zero-order chi connectivity index (χ0) is 26.7. The predicted octanol–water partition coefficient (Wildman–Crippen LogP) is 6.38. The maximum absolute atomic E-state index is 10.3. The van der Waals surface area contributed by atoms with Crippen LogP contribution >= 0.6 is 0 Å². The van der Waals surface area contributed by atoms with Crippen molar-refractivity contribution in [1.82, 2.24) is 0 Å². The van der Waals surface area contributed by atoms with Crippen molar-refractivity contribution in [3.63, 3.8) is 0 Å². The molecule has 0 rings (SSSR count). The van der Waals surface area contributed by atoms with Crippen LogP contribution in [-0.2, 0) is 17.1 Å². The van der Waals surface area contributed by atoms with E-state index in [4.69, 9.17) is 0 Å². The van der Waals surface area contributed by atoms with E-state index in [0.29, 0.717) is 12.8 Å². The molecule has 7 heteroatoms. The van der Waals surface area contributed by atoms with Crippen LogP contribution in [0.15, 0.2) is 0 Å². The fourth-order valence-corrected chi connectivity index (χ4v) is 6.34. The molecule has 0 spiro atoms. The van der Waals surface area contributed by atoms with Crippen LogP contribution in [0.3, 0.4) is 0 Å². The summed E-state index contributed by atoms with van der Waals surface area (Å²) in [4.78, 5) is 0. The van der Waals surface area contributed by atoms with Gasteiger partial charge in [-0.25, -0.2) is 0 Å². The Morgan fingerprint density at radius 1 is 0.485 bits per heavy atom. The second kappa shape index (κ2) is 12.8. The summed E-state index contributed by atoms with van der Waals surface area (Å²) in [5, 5.41) is 41.1. The van der Waals surface area contributed by atoms with Gasteiger partial charge >= 0.3 is 0 Å². The third kappa shape index (κ3) is 12.1. The van der Waals surface area contributed by atoms with Crippen molar-refractivity contribution in [2.24, 2.45) is 10.8 Å². The molecule has 0 saturated heterocycles. The Hall–Kier alpha value is 0.793. The number of aliphatic hydroxyl groups excluding tert-OH is 4. The minimum Gasteiger partial charge on any atom is -0.396 e. The second-order valence-corrected chi connectivity index (χ2v) is 26.4. The van der Waals surface area contributed by atoms with Gasteiger partial charge in [-0.15, -0.1) is 0 Å². The van der Waals surface area contributed by atoms with Crippen molar-refractivity contribution in [2.75, 3.05) is 0 Å². The maximum Gasteiger partial charge on any atom is 0.0866 e. The SMILES string of the molecule is CC(C)(C)C(O)CC(O)[Si](C)(C)C(C)(C)C.CC(C)(C)C(O)CC(O)[Si](C)(C)C(C)(C)C.[Cu]. The zero-order valence-corrected chi connectivity index (χ0v) is 27.8. The van der Waals surface area contributed by atoms with Crippen LogP contribution in [0.5, 0.6) is 0 Å². The molecule has 4 nitrogen and oxygen atoms in total. The standard InChI is InChI=1S/2C13H30O2Si.Cu/c2*1-12(2,3)10(14)9-11(15)16(7,8)13(4,5)6;/h2*10-11,14-15H,9H2,1-8H3;. The van der Waals surface area contributed by atoms with Crippen LogP contribution in [0.4, 0.5) is 0 Å². The summed E-state index contributed by atoms with van der Waals surface area (Å²) >= 11 is 0. The molecule has 0 heterocycles. The van der Waals surface area contributed by atoms with Crippen molar-refractivity contribution in [2.45, 2.75) is 156 Å². The summed E-state index contributed by atoms with van der Waals surface area (Å²) < 4.78 is 0. The summed E-state index contributed by atoms with van der Waals surface area (Å²) in [6.45, 7) is 34.0. The quantitative estimate of drug-likeness (QED) is 0.286. The minimum atomic E-state index is -1.75. The zero-order valence-electron chi connectivity index (χ0n) is 24.8. The van der Waals surface area contributed by atoms with E-state index in [1.54, 1.807) is 0 Å². The Bertz CT molecular complexity index is 503. The monoisotopic (exact) mass is 555 g/mol. The average molecular weight is 556 g/mol. The molecule has 0 fully saturated rings. The Morgan fingerprint density at radius 2 is 0.667 bits per heavy atom. The molecule has 4 unspecified atom stereocenters. The van der Waals surface area contributed by atoms with E-state index in [1.807, 2.05) is 41.5 Å². The molecule has 0 saturated carbocycles.